The van der Waals surface area contributed by atoms with E-state index >= 15 is 0 Å². The molecule has 2 atom stereocenters. The zero-order valence-corrected chi connectivity index (χ0v) is 8.09. The highest BCUT2D eigenvalue weighted by molar-refractivity contribution is 5.11. The maximum atomic E-state index is 9.12. The highest BCUT2D eigenvalue weighted by atomic mass is 16.3. The first-order valence-corrected chi connectivity index (χ1v) is 4.50. The number of aliphatic hydroxyl groups is 1. The Morgan fingerprint density at radius 2 is 2.08 bits per heavy atom. The molecule has 0 spiro atoms. The first-order chi connectivity index (χ1) is 5.48. The second kappa shape index (κ2) is 2.74. The van der Waals surface area contributed by atoms with E-state index in [-0.39, 0.29) is 17.4 Å². The van der Waals surface area contributed by atoms with Crippen LogP contribution in [0.4, 0.5) is 0 Å². The van der Waals surface area contributed by atoms with Gasteiger partial charge in [0.25, 0.3) is 0 Å². The summed E-state index contributed by atoms with van der Waals surface area (Å²) in [4.78, 5) is 0. The summed E-state index contributed by atoms with van der Waals surface area (Å²) in [5, 5.41) is 18.2. The predicted molar refractivity (Wildman–Crippen MR) is 47.3 cm³/mol. The maximum Gasteiger partial charge on any atom is 0.0692 e. The van der Waals surface area contributed by atoms with E-state index in [1.165, 1.54) is 0 Å². The maximum absolute atomic E-state index is 9.12. The van der Waals surface area contributed by atoms with E-state index in [1.54, 1.807) is 0 Å². The van der Waals surface area contributed by atoms with Crippen LogP contribution in [0.3, 0.4) is 0 Å². The number of aliphatic hydroxyl groups excluding tert-OH is 1. The van der Waals surface area contributed by atoms with Crippen molar-refractivity contribution in [1.29, 1.82) is 5.26 Å². The van der Waals surface area contributed by atoms with Gasteiger partial charge in [0, 0.05) is 6.61 Å². The molecule has 1 N–H and O–H groups in total. The van der Waals surface area contributed by atoms with E-state index in [1.807, 2.05) is 6.92 Å². The zero-order valence-electron chi connectivity index (χ0n) is 8.09. The largest absolute Gasteiger partial charge is 0.396 e. The molecule has 1 aliphatic rings. The van der Waals surface area contributed by atoms with Crippen LogP contribution in [0.5, 0.6) is 0 Å². The molecule has 0 aromatic carbocycles. The van der Waals surface area contributed by atoms with Crippen molar-refractivity contribution in [1.82, 2.24) is 0 Å². The molecule has 12 heavy (non-hydrogen) atoms. The average Bonchev–Trinajstić information content (AvgIpc) is 2.25. The van der Waals surface area contributed by atoms with E-state index in [2.05, 4.69) is 19.9 Å². The lowest BCUT2D eigenvalue weighted by molar-refractivity contribution is 0.0902. The van der Waals surface area contributed by atoms with Crippen molar-refractivity contribution in [2.75, 3.05) is 6.61 Å². The van der Waals surface area contributed by atoms with Crippen molar-refractivity contribution in [3.8, 4) is 6.07 Å². The minimum Gasteiger partial charge on any atom is -0.396 e. The quantitative estimate of drug-likeness (QED) is 0.648. The topological polar surface area (TPSA) is 44.0 Å². The number of hydrogen-bond acceptors (Lipinski definition) is 2. The van der Waals surface area contributed by atoms with Crippen LogP contribution in [0.15, 0.2) is 0 Å². The Morgan fingerprint density at radius 1 is 1.50 bits per heavy atom. The van der Waals surface area contributed by atoms with Gasteiger partial charge in [0.15, 0.2) is 0 Å². The minimum atomic E-state index is -0.250. The lowest BCUT2D eigenvalue weighted by Gasteiger charge is -2.35. The van der Waals surface area contributed by atoms with Gasteiger partial charge in [-0.05, 0) is 31.1 Å². The molecule has 2 heteroatoms. The Balaban J connectivity index is 2.93. The van der Waals surface area contributed by atoms with Gasteiger partial charge >= 0.3 is 0 Å². The Labute approximate surface area is 74.2 Å². The summed E-state index contributed by atoms with van der Waals surface area (Å²) in [5.41, 5.74) is -0.295. The van der Waals surface area contributed by atoms with Gasteiger partial charge < -0.3 is 5.11 Å². The fourth-order valence-electron chi connectivity index (χ4n) is 2.12. The summed E-state index contributed by atoms with van der Waals surface area (Å²) in [6, 6.07) is 2.38. The number of nitriles is 1. The summed E-state index contributed by atoms with van der Waals surface area (Å²) >= 11 is 0. The Kier molecular flexibility index (Phi) is 2.18. The fourth-order valence-corrected chi connectivity index (χ4v) is 2.12. The van der Waals surface area contributed by atoms with Crippen molar-refractivity contribution in [3.05, 3.63) is 0 Å². The van der Waals surface area contributed by atoms with Gasteiger partial charge in [0.2, 0.25) is 0 Å². The molecule has 0 amide bonds. The van der Waals surface area contributed by atoms with Crippen LogP contribution < -0.4 is 0 Å². The third-order valence-electron chi connectivity index (χ3n) is 3.90. The van der Waals surface area contributed by atoms with E-state index < -0.39 is 0 Å². The van der Waals surface area contributed by atoms with Crippen LogP contribution in [0.1, 0.15) is 33.6 Å². The molecule has 0 bridgehead atoms. The third kappa shape index (κ3) is 1.04. The van der Waals surface area contributed by atoms with Crippen LogP contribution in [0.2, 0.25) is 0 Å². The van der Waals surface area contributed by atoms with Gasteiger partial charge in [0.1, 0.15) is 0 Å². The SMILES string of the molecule is CC1(C)[C@@H](CO)CC[C@@]1(C)C#N. The van der Waals surface area contributed by atoms with E-state index in [0.29, 0.717) is 5.92 Å². The van der Waals surface area contributed by atoms with Crippen molar-refractivity contribution in [2.24, 2.45) is 16.7 Å². The Hall–Kier alpha value is -0.550. The molecule has 1 fully saturated rings. The number of nitrogens with zero attached hydrogens (tertiary/aromatic N) is 1. The molecule has 0 unspecified atom stereocenters. The van der Waals surface area contributed by atoms with Crippen LogP contribution in [0, 0.1) is 28.1 Å². The molecule has 0 aromatic rings. The molecule has 2 nitrogen and oxygen atoms in total. The molecule has 0 heterocycles. The number of hydrogen-bond donors (Lipinski definition) is 1. The van der Waals surface area contributed by atoms with E-state index in [9.17, 15) is 0 Å². The molecule has 0 aliphatic heterocycles. The standard InChI is InChI=1S/C10H17NO/c1-9(2)8(6-12)4-5-10(9,3)7-11/h8,12H,4-6H2,1-3H3/t8-,10+/m1/s1. The summed E-state index contributed by atoms with van der Waals surface area (Å²) < 4.78 is 0. The summed E-state index contributed by atoms with van der Waals surface area (Å²) in [5.74, 6) is 0.294. The van der Waals surface area contributed by atoms with Gasteiger partial charge in [-0.2, -0.15) is 5.26 Å². The van der Waals surface area contributed by atoms with Crippen LogP contribution >= 0.6 is 0 Å². The molecular formula is C10H17NO. The predicted octanol–water partition coefficient (Wildman–Crippen LogP) is 1.94. The molecule has 0 saturated heterocycles. The summed E-state index contributed by atoms with van der Waals surface area (Å²) in [6.07, 6.45) is 1.90. The lowest BCUT2D eigenvalue weighted by Crippen LogP contribution is -2.34. The van der Waals surface area contributed by atoms with Gasteiger partial charge in [-0.25, -0.2) is 0 Å². The van der Waals surface area contributed by atoms with Crippen LogP contribution in [-0.2, 0) is 0 Å². The highest BCUT2D eigenvalue weighted by Gasteiger charge is 2.51. The van der Waals surface area contributed by atoms with E-state index in [0.717, 1.165) is 12.8 Å². The highest BCUT2D eigenvalue weighted by Crippen LogP contribution is 2.55. The molecule has 0 radical (unpaired) electrons. The zero-order chi connectivity index (χ0) is 9.41. The Morgan fingerprint density at radius 3 is 2.33 bits per heavy atom. The van der Waals surface area contributed by atoms with Crippen molar-refractivity contribution >= 4 is 0 Å². The summed E-state index contributed by atoms with van der Waals surface area (Å²) in [6.45, 7) is 6.39. The van der Waals surface area contributed by atoms with E-state index in [4.69, 9.17) is 10.4 Å². The Bertz CT molecular complexity index is 216. The van der Waals surface area contributed by atoms with Gasteiger partial charge in [0.05, 0.1) is 11.5 Å². The molecule has 0 aromatic heterocycles. The molecule has 1 rings (SSSR count). The minimum absolute atomic E-state index is 0.0451. The van der Waals surface area contributed by atoms with Crippen LogP contribution in [0.25, 0.3) is 0 Å². The first-order valence-electron chi connectivity index (χ1n) is 4.50. The monoisotopic (exact) mass is 167 g/mol. The van der Waals surface area contributed by atoms with Gasteiger partial charge in [-0.3, -0.25) is 0 Å². The molecule has 1 saturated carbocycles. The van der Waals surface area contributed by atoms with Gasteiger partial charge in [-0.15, -0.1) is 0 Å². The van der Waals surface area contributed by atoms with Crippen molar-refractivity contribution in [2.45, 2.75) is 33.6 Å². The first kappa shape index (κ1) is 9.54. The smallest absolute Gasteiger partial charge is 0.0692 e. The van der Waals surface area contributed by atoms with Gasteiger partial charge in [-0.1, -0.05) is 13.8 Å². The van der Waals surface area contributed by atoms with Crippen molar-refractivity contribution in [3.63, 3.8) is 0 Å². The normalized spacial score (nSPS) is 39.4. The third-order valence-corrected chi connectivity index (χ3v) is 3.90. The van der Waals surface area contributed by atoms with Crippen molar-refractivity contribution < 1.29 is 5.11 Å². The number of rotatable bonds is 1. The molecule has 68 valence electrons. The second-order valence-corrected chi connectivity index (χ2v) is 4.58. The summed E-state index contributed by atoms with van der Waals surface area (Å²) in [7, 11) is 0. The lowest BCUT2D eigenvalue weighted by atomic mass is 9.67. The fraction of sp³-hybridized carbons (Fsp3) is 0.900. The molecular weight excluding hydrogens is 150 g/mol. The average molecular weight is 167 g/mol. The second-order valence-electron chi connectivity index (χ2n) is 4.58. The van der Waals surface area contributed by atoms with Crippen LogP contribution in [-0.4, -0.2) is 11.7 Å². The molecule has 1 aliphatic carbocycles.